The number of hydrogen-bond acceptors (Lipinski definition) is 4. The molecule has 5 heteroatoms. The van der Waals surface area contributed by atoms with Gasteiger partial charge in [0.05, 0.1) is 12.7 Å². The fourth-order valence-corrected chi connectivity index (χ4v) is 3.46. The zero-order valence-corrected chi connectivity index (χ0v) is 14.6. The normalized spacial score (nSPS) is 21.9. The van der Waals surface area contributed by atoms with Gasteiger partial charge in [-0.2, -0.15) is 0 Å². The summed E-state index contributed by atoms with van der Waals surface area (Å²) in [5.41, 5.74) is 7.36. The predicted octanol–water partition coefficient (Wildman–Crippen LogP) is 3.66. The van der Waals surface area contributed by atoms with Crippen LogP contribution >= 0.6 is 15.9 Å². The molecule has 1 aliphatic heterocycles. The van der Waals surface area contributed by atoms with Gasteiger partial charge in [0, 0.05) is 29.2 Å². The van der Waals surface area contributed by atoms with Crippen LogP contribution in [-0.2, 0) is 6.54 Å². The van der Waals surface area contributed by atoms with Crippen molar-refractivity contribution in [3.63, 3.8) is 0 Å². The molecule has 0 spiro atoms. The highest BCUT2D eigenvalue weighted by molar-refractivity contribution is 9.10. The van der Waals surface area contributed by atoms with Gasteiger partial charge in [-0.3, -0.25) is 4.90 Å². The summed E-state index contributed by atoms with van der Waals surface area (Å²) in [7, 11) is 0. The number of rotatable bonds is 3. The smallest absolute Gasteiger partial charge is 0.209 e. The van der Waals surface area contributed by atoms with E-state index in [0.717, 1.165) is 47.7 Å². The van der Waals surface area contributed by atoms with Gasteiger partial charge in [0.15, 0.2) is 5.76 Å². The quantitative estimate of drug-likeness (QED) is 0.903. The number of hydrogen-bond donors (Lipinski definition) is 1. The van der Waals surface area contributed by atoms with Crippen LogP contribution in [-0.4, -0.2) is 29.0 Å². The predicted molar refractivity (Wildman–Crippen MR) is 91.3 cm³/mol. The van der Waals surface area contributed by atoms with Crippen molar-refractivity contribution in [3.8, 4) is 11.3 Å². The Morgan fingerprint density at radius 3 is 2.91 bits per heavy atom. The van der Waals surface area contributed by atoms with Gasteiger partial charge in [-0.15, -0.1) is 0 Å². The lowest BCUT2D eigenvalue weighted by Crippen LogP contribution is -2.52. The molecular formula is C17H22BrN3O. The van der Waals surface area contributed by atoms with Gasteiger partial charge in [0.1, 0.15) is 0 Å². The van der Waals surface area contributed by atoms with Crippen molar-refractivity contribution in [1.82, 2.24) is 9.88 Å². The topological polar surface area (TPSA) is 55.3 Å². The summed E-state index contributed by atoms with van der Waals surface area (Å²) >= 11 is 3.55. The first kappa shape index (κ1) is 15.7. The maximum atomic E-state index is 6.19. The number of aromatic nitrogens is 1. The van der Waals surface area contributed by atoms with Crippen molar-refractivity contribution in [3.05, 3.63) is 40.8 Å². The van der Waals surface area contributed by atoms with Crippen LogP contribution in [0.25, 0.3) is 11.3 Å². The fraction of sp³-hybridized carbons (Fsp3) is 0.471. The minimum absolute atomic E-state index is 0.135. The third kappa shape index (κ3) is 3.26. The molecule has 4 nitrogen and oxygen atoms in total. The zero-order chi connectivity index (χ0) is 15.7. The number of halogens is 1. The summed E-state index contributed by atoms with van der Waals surface area (Å²) in [5, 5.41) is 0. The molecule has 2 aromatic rings. The first-order chi connectivity index (χ1) is 10.5. The number of benzene rings is 1. The lowest BCUT2D eigenvalue weighted by atomic mass is 9.80. The van der Waals surface area contributed by atoms with E-state index in [1.807, 2.05) is 24.3 Å². The van der Waals surface area contributed by atoms with Crippen molar-refractivity contribution in [2.45, 2.75) is 32.9 Å². The van der Waals surface area contributed by atoms with Gasteiger partial charge in [0.2, 0.25) is 5.89 Å². The summed E-state index contributed by atoms with van der Waals surface area (Å²) in [5.74, 6) is 1.56. The summed E-state index contributed by atoms with van der Waals surface area (Å²) in [4.78, 5) is 6.81. The summed E-state index contributed by atoms with van der Waals surface area (Å²) < 4.78 is 6.95. The van der Waals surface area contributed by atoms with Crippen LogP contribution in [0.2, 0.25) is 0 Å². The van der Waals surface area contributed by atoms with Crippen LogP contribution in [0.4, 0.5) is 0 Å². The Morgan fingerprint density at radius 2 is 2.18 bits per heavy atom. The minimum atomic E-state index is 0.135. The van der Waals surface area contributed by atoms with E-state index in [-0.39, 0.29) is 11.5 Å². The molecule has 1 atom stereocenters. The van der Waals surface area contributed by atoms with Gasteiger partial charge in [-0.1, -0.05) is 48.0 Å². The third-order valence-electron chi connectivity index (χ3n) is 4.44. The van der Waals surface area contributed by atoms with Crippen LogP contribution in [0.15, 0.2) is 39.4 Å². The second-order valence-electron chi connectivity index (χ2n) is 6.69. The van der Waals surface area contributed by atoms with E-state index < -0.39 is 0 Å². The number of likely N-dealkylation sites (tertiary alicyclic amines) is 1. The number of nitrogens with two attached hydrogens (primary N) is 1. The summed E-state index contributed by atoms with van der Waals surface area (Å²) in [6, 6.07) is 8.29. The van der Waals surface area contributed by atoms with E-state index in [2.05, 4.69) is 39.7 Å². The van der Waals surface area contributed by atoms with Crippen molar-refractivity contribution in [2.75, 3.05) is 13.1 Å². The second-order valence-corrected chi connectivity index (χ2v) is 7.55. The van der Waals surface area contributed by atoms with Crippen molar-refractivity contribution in [1.29, 1.82) is 0 Å². The van der Waals surface area contributed by atoms with Crippen molar-refractivity contribution in [2.24, 2.45) is 11.1 Å². The highest BCUT2D eigenvalue weighted by Crippen LogP contribution is 2.31. The Kier molecular flexibility index (Phi) is 4.39. The van der Waals surface area contributed by atoms with Gasteiger partial charge < -0.3 is 10.2 Å². The Bertz CT molecular complexity index is 653. The molecule has 1 fully saturated rings. The molecule has 22 heavy (non-hydrogen) atoms. The lowest BCUT2D eigenvalue weighted by molar-refractivity contribution is 0.0832. The van der Waals surface area contributed by atoms with E-state index in [1.54, 1.807) is 6.20 Å². The highest BCUT2D eigenvalue weighted by Gasteiger charge is 2.33. The SMILES string of the molecule is CC1(C)CN(Cc2ncc(-c3ccccc3Br)o2)CCC1N. The molecule has 0 amide bonds. The maximum absolute atomic E-state index is 6.19. The van der Waals surface area contributed by atoms with E-state index in [4.69, 9.17) is 10.2 Å². The lowest BCUT2D eigenvalue weighted by Gasteiger charge is -2.42. The largest absolute Gasteiger partial charge is 0.439 e. The minimum Gasteiger partial charge on any atom is -0.439 e. The number of nitrogens with zero attached hydrogens (tertiary/aromatic N) is 2. The molecule has 1 aliphatic rings. The van der Waals surface area contributed by atoms with Gasteiger partial charge in [-0.05, 0) is 17.9 Å². The maximum Gasteiger partial charge on any atom is 0.209 e. The Hall–Kier alpha value is -1.17. The average Bonchev–Trinajstić information content (AvgIpc) is 2.91. The van der Waals surface area contributed by atoms with E-state index in [9.17, 15) is 0 Å². The van der Waals surface area contributed by atoms with E-state index in [1.165, 1.54) is 0 Å². The van der Waals surface area contributed by atoms with Crippen LogP contribution in [0.1, 0.15) is 26.2 Å². The molecule has 2 N–H and O–H groups in total. The summed E-state index contributed by atoms with van der Waals surface area (Å²) in [6.45, 7) is 7.16. The van der Waals surface area contributed by atoms with Gasteiger partial charge in [0.25, 0.3) is 0 Å². The first-order valence-corrected chi connectivity index (χ1v) is 8.42. The Labute approximate surface area is 139 Å². The molecule has 1 unspecified atom stereocenters. The third-order valence-corrected chi connectivity index (χ3v) is 5.13. The zero-order valence-electron chi connectivity index (χ0n) is 13.1. The number of oxazole rings is 1. The standard InChI is InChI=1S/C17H22BrN3O/c1-17(2)11-21(8-7-15(17)19)10-16-20-9-14(22-16)12-5-3-4-6-13(12)18/h3-6,9,15H,7-8,10-11,19H2,1-2H3. The van der Waals surface area contributed by atoms with Gasteiger partial charge in [-0.25, -0.2) is 4.98 Å². The van der Waals surface area contributed by atoms with Crippen LogP contribution in [0.5, 0.6) is 0 Å². The monoisotopic (exact) mass is 363 g/mol. The molecule has 118 valence electrons. The average molecular weight is 364 g/mol. The summed E-state index contributed by atoms with van der Waals surface area (Å²) in [6.07, 6.45) is 2.82. The molecule has 2 heterocycles. The van der Waals surface area contributed by atoms with Crippen LogP contribution in [0.3, 0.4) is 0 Å². The number of piperidine rings is 1. The molecule has 1 aromatic carbocycles. The molecule has 0 aliphatic carbocycles. The van der Waals surface area contributed by atoms with Crippen LogP contribution < -0.4 is 5.73 Å². The molecular weight excluding hydrogens is 342 g/mol. The van der Waals surface area contributed by atoms with Gasteiger partial charge >= 0.3 is 0 Å². The van der Waals surface area contributed by atoms with Crippen LogP contribution in [0, 0.1) is 5.41 Å². The molecule has 0 saturated carbocycles. The highest BCUT2D eigenvalue weighted by atomic mass is 79.9. The molecule has 1 aromatic heterocycles. The van der Waals surface area contributed by atoms with Crippen molar-refractivity contribution < 1.29 is 4.42 Å². The Balaban J connectivity index is 1.72. The Morgan fingerprint density at radius 1 is 1.41 bits per heavy atom. The van der Waals surface area contributed by atoms with E-state index in [0.29, 0.717) is 0 Å². The van der Waals surface area contributed by atoms with Crippen molar-refractivity contribution >= 4 is 15.9 Å². The molecule has 1 saturated heterocycles. The molecule has 0 radical (unpaired) electrons. The molecule has 0 bridgehead atoms. The second kappa shape index (κ2) is 6.14. The van der Waals surface area contributed by atoms with E-state index >= 15 is 0 Å². The first-order valence-electron chi connectivity index (χ1n) is 7.63. The fourth-order valence-electron chi connectivity index (χ4n) is 2.98. The molecule has 3 rings (SSSR count).